The van der Waals surface area contributed by atoms with E-state index in [0.717, 1.165) is 72.6 Å². The van der Waals surface area contributed by atoms with Crippen molar-refractivity contribution >= 4 is 44.6 Å². The van der Waals surface area contributed by atoms with E-state index in [-0.39, 0.29) is 37.7 Å². The zero-order chi connectivity index (χ0) is 42.8. The van der Waals surface area contributed by atoms with Crippen molar-refractivity contribution in [2.75, 3.05) is 9.80 Å². The van der Waals surface area contributed by atoms with Crippen molar-refractivity contribution in [3.8, 4) is 39.6 Å². The van der Waals surface area contributed by atoms with Crippen LogP contribution in [0, 0.1) is 24.6 Å². The summed E-state index contributed by atoms with van der Waals surface area (Å²) in [7, 11) is 0. The third-order valence-corrected chi connectivity index (χ3v) is 11.7. The minimum absolute atomic E-state index is 0. The Hall–Kier alpha value is -6.49. The zero-order valence-corrected chi connectivity index (χ0v) is 38.3. The van der Waals surface area contributed by atoms with Gasteiger partial charge in [-0.2, -0.15) is 6.07 Å². The molecule has 0 aliphatic carbocycles. The Kier molecular flexibility index (Phi) is 10.8. The molecule has 0 saturated heterocycles. The third-order valence-electron chi connectivity index (χ3n) is 11.7. The molecular formula is C56H46FN4OPt-3. The van der Waals surface area contributed by atoms with Crippen LogP contribution in [0.25, 0.3) is 49.9 Å². The fourth-order valence-electron chi connectivity index (χ4n) is 8.39. The molecule has 3 heterocycles. The number of fused-ring (bicyclic) bond motifs is 4. The van der Waals surface area contributed by atoms with E-state index in [1.54, 1.807) is 0 Å². The summed E-state index contributed by atoms with van der Waals surface area (Å²) in [5.41, 5.74) is 12.1. The average molecular weight is 1010 g/mol. The monoisotopic (exact) mass is 1000 g/mol. The van der Waals surface area contributed by atoms with E-state index < -0.39 is 0 Å². The van der Waals surface area contributed by atoms with Gasteiger partial charge in [-0.05, 0) is 87.0 Å². The van der Waals surface area contributed by atoms with Gasteiger partial charge in [0.15, 0.2) is 0 Å². The van der Waals surface area contributed by atoms with Gasteiger partial charge in [-0.15, -0.1) is 53.6 Å². The van der Waals surface area contributed by atoms with Gasteiger partial charge in [0.25, 0.3) is 0 Å². The first-order valence-electron chi connectivity index (χ1n) is 21.1. The summed E-state index contributed by atoms with van der Waals surface area (Å²) in [6.45, 7) is 15.5. The van der Waals surface area contributed by atoms with Gasteiger partial charge in [-0.25, -0.2) is 9.37 Å². The summed E-state index contributed by atoms with van der Waals surface area (Å²) in [5, 5.41) is 2.19. The average Bonchev–Trinajstić information content (AvgIpc) is 3.82. The molecular weight excluding hydrogens is 959 g/mol. The normalized spacial score (nSPS) is 12.7. The summed E-state index contributed by atoms with van der Waals surface area (Å²) < 4.78 is 23.1. The molecule has 316 valence electrons. The molecule has 1 aliphatic heterocycles. The summed E-state index contributed by atoms with van der Waals surface area (Å²) in [6.07, 6.45) is 1.89. The number of ether oxygens (including phenoxy) is 1. The predicted octanol–water partition coefficient (Wildman–Crippen LogP) is 15.0. The maximum atomic E-state index is 14.0. The van der Waals surface area contributed by atoms with Gasteiger partial charge in [0.2, 0.25) is 0 Å². The Morgan fingerprint density at radius 3 is 1.94 bits per heavy atom. The number of anilines is 4. The van der Waals surface area contributed by atoms with Crippen LogP contribution in [0.5, 0.6) is 11.5 Å². The maximum absolute atomic E-state index is 14.0. The maximum Gasteiger partial charge on any atom is 0.135 e. The van der Waals surface area contributed by atoms with Crippen molar-refractivity contribution in [3.63, 3.8) is 0 Å². The fourth-order valence-corrected chi connectivity index (χ4v) is 8.39. The van der Waals surface area contributed by atoms with Crippen molar-refractivity contribution in [3.05, 3.63) is 200 Å². The number of pyridine rings is 1. The molecule has 10 rings (SSSR count). The molecule has 0 N–H and O–H groups in total. The van der Waals surface area contributed by atoms with Gasteiger partial charge in [0, 0.05) is 66.9 Å². The minimum Gasteiger partial charge on any atom is -0.509 e. The Balaban J connectivity index is 0.00000504. The number of halogens is 1. The molecule has 63 heavy (non-hydrogen) atoms. The van der Waals surface area contributed by atoms with Crippen molar-refractivity contribution in [2.24, 2.45) is 0 Å². The van der Waals surface area contributed by atoms with E-state index in [1.807, 2.05) is 36.5 Å². The van der Waals surface area contributed by atoms with Crippen LogP contribution in [0.3, 0.4) is 0 Å². The van der Waals surface area contributed by atoms with Crippen LogP contribution in [0.1, 0.15) is 52.7 Å². The van der Waals surface area contributed by atoms with E-state index in [0.29, 0.717) is 11.5 Å². The van der Waals surface area contributed by atoms with E-state index >= 15 is 0 Å². The molecule has 0 spiro atoms. The standard InChI is InChI=1S/C56H46FN4O.Pt/c1-55(2,3)40-23-19-37(20-24-40)39-31-43(59-36-60(52-18-12-11-17-51(52)59)49-15-9-7-13-46(49)38-21-25-42(57)26-22-38)34-45(32-39)62-44-27-28-48-47-14-8-10-16-50(47)61(53(48)35-44)54-33-41(29-30-58-54)56(4,5)6;/h7-33,36H,1-6H3;/q-3;. The van der Waals surface area contributed by atoms with Gasteiger partial charge >= 0.3 is 0 Å². The van der Waals surface area contributed by atoms with E-state index in [9.17, 15) is 4.39 Å². The third kappa shape index (κ3) is 7.94. The molecule has 5 nitrogen and oxygen atoms in total. The molecule has 7 heteroatoms. The Morgan fingerprint density at radius 2 is 1.21 bits per heavy atom. The van der Waals surface area contributed by atoms with Crippen LogP contribution in [0.4, 0.5) is 27.1 Å². The molecule has 0 saturated carbocycles. The largest absolute Gasteiger partial charge is 0.509 e. The molecule has 2 aromatic heterocycles. The number of hydrogen-bond acceptors (Lipinski definition) is 4. The second-order valence-corrected chi connectivity index (χ2v) is 18.0. The summed E-state index contributed by atoms with van der Waals surface area (Å²) in [6, 6.07) is 60.3. The number of para-hydroxylation sites is 4. The van der Waals surface area contributed by atoms with Crippen molar-refractivity contribution in [1.82, 2.24) is 9.55 Å². The summed E-state index contributed by atoms with van der Waals surface area (Å²) in [5.74, 6) is 1.69. The SMILES string of the molecule is CC(C)(C)c1ccc(-c2cc(Oc3[c-]c4c(cc3)c3ccccc3n4-c3cc(C(C)(C)C)ccn3)[c-]c(N3[CH-]N(c4ccccc4-c4ccc(F)cc4)c4ccccc43)c2)cc1.[Pt]. The number of hydrogen-bond donors (Lipinski definition) is 0. The van der Waals surface area contributed by atoms with Crippen molar-refractivity contribution in [1.29, 1.82) is 0 Å². The zero-order valence-electron chi connectivity index (χ0n) is 36.1. The fraction of sp³-hybridized carbons (Fsp3) is 0.143. The van der Waals surface area contributed by atoms with Gasteiger partial charge < -0.3 is 19.1 Å². The number of benzene rings is 7. The van der Waals surface area contributed by atoms with Crippen LogP contribution in [0.15, 0.2) is 164 Å². The number of aromatic nitrogens is 2. The molecule has 0 bridgehead atoms. The van der Waals surface area contributed by atoms with Gasteiger partial charge in [-0.3, -0.25) is 0 Å². The molecule has 0 radical (unpaired) electrons. The number of nitrogens with zero attached hydrogens (tertiary/aromatic N) is 4. The van der Waals surface area contributed by atoms with Gasteiger partial charge in [-0.1, -0.05) is 132 Å². The first-order valence-corrected chi connectivity index (χ1v) is 21.1. The van der Waals surface area contributed by atoms with Crippen molar-refractivity contribution in [2.45, 2.75) is 52.4 Å². The predicted molar refractivity (Wildman–Crippen MR) is 252 cm³/mol. The van der Waals surface area contributed by atoms with Gasteiger partial charge in [0.1, 0.15) is 11.6 Å². The Morgan fingerprint density at radius 1 is 0.556 bits per heavy atom. The van der Waals surface area contributed by atoms with E-state index in [4.69, 9.17) is 9.72 Å². The first kappa shape index (κ1) is 41.8. The van der Waals surface area contributed by atoms with Crippen LogP contribution in [-0.4, -0.2) is 9.55 Å². The minimum atomic E-state index is -0.264. The molecule has 9 aromatic rings. The number of rotatable bonds is 7. The quantitative estimate of drug-likeness (QED) is 0.149. The van der Waals surface area contributed by atoms with Gasteiger partial charge in [0.05, 0.1) is 0 Å². The van der Waals surface area contributed by atoms with Crippen LogP contribution >= 0.6 is 0 Å². The van der Waals surface area contributed by atoms with E-state index in [1.165, 1.54) is 23.3 Å². The molecule has 7 aromatic carbocycles. The van der Waals surface area contributed by atoms with Crippen LogP contribution in [0.2, 0.25) is 0 Å². The van der Waals surface area contributed by atoms with Crippen LogP contribution < -0.4 is 14.5 Å². The summed E-state index contributed by atoms with van der Waals surface area (Å²) >= 11 is 0. The summed E-state index contributed by atoms with van der Waals surface area (Å²) in [4.78, 5) is 9.22. The molecule has 1 aliphatic rings. The first-order chi connectivity index (χ1) is 29.9. The molecule has 0 fully saturated rings. The Labute approximate surface area is 383 Å². The molecule has 0 amide bonds. The Bertz CT molecular complexity index is 3120. The van der Waals surface area contributed by atoms with E-state index in [2.05, 4.69) is 190 Å². The van der Waals surface area contributed by atoms with Crippen molar-refractivity contribution < 1.29 is 30.2 Å². The second-order valence-electron chi connectivity index (χ2n) is 18.0. The molecule has 0 unspecified atom stereocenters. The topological polar surface area (TPSA) is 33.5 Å². The second kappa shape index (κ2) is 16.3. The van der Waals surface area contributed by atoms with Crippen LogP contribution in [-0.2, 0) is 31.9 Å². The smallest absolute Gasteiger partial charge is 0.135 e. The molecule has 0 atom stereocenters.